The fraction of sp³-hybridized carbons (Fsp3) is 0.919. The molecule has 39 heavy (non-hydrogen) atoms. The van der Waals surface area contributed by atoms with Crippen LogP contribution in [0.5, 0.6) is 0 Å². The van der Waals surface area contributed by atoms with Crippen molar-refractivity contribution in [3.8, 4) is 0 Å². The van der Waals surface area contributed by atoms with Gasteiger partial charge >= 0.3 is 0 Å². The fourth-order valence-electron chi connectivity index (χ4n) is 6.15. The lowest BCUT2D eigenvalue weighted by atomic mass is 10.0. The zero-order valence-corrected chi connectivity index (χ0v) is 27.5. The van der Waals surface area contributed by atoms with Gasteiger partial charge in [-0.1, -0.05) is 168 Å². The minimum Gasteiger partial charge on any atom is -0.234 e. The van der Waals surface area contributed by atoms with Crippen LogP contribution in [0.25, 0.3) is 0 Å². The van der Waals surface area contributed by atoms with E-state index in [2.05, 4.69) is 42.3 Å². The molecule has 0 atom stereocenters. The number of unbranched alkanes of at least 4 members (excludes halogenated alkanes) is 25. The van der Waals surface area contributed by atoms with Crippen molar-refractivity contribution >= 4 is 0 Å². The van der Waals surface area contributed by atoms with Crippen LogP contribution in [-0.2, 0) is 19.5 Å². The molecule has 0 aliphatic heterocycles. The first-order valence-corrected chi connectivity index (χ1v) is 18.4. The molecule has 0 radical (unpaired) electrons. The second-order valence-electron chi connectivity index (χ2n) is 12.7. The first kappa shape index (κ1) is 36.2. The molecule has 0 unspecified atom stereocenters. The van der Waals surface area contributed by atoms with Crippen LogP contribution < -0.4 is 4.57 Å². The van der Waals surface area contributed by atoms with E-state index in [1.807, 2.05) is 0 Å². The summed E-state index contributed by atoms with van der Waals surface area (Å²) in [4.78, 5) is 0. The summed E-state index contributed by atoms with van der Waals surface area (Å²) in [5.74, 6) is 1.61. The molecule has 0 N–H and O–H groups in total. The smallest absolute Gasteiger partial charge is 0.234 e. The number of nitrogens with zero attached hydrogens (tertiary/aromatic N) is 2. The molecule has 230 valence electrons. The topological polar surface area (TPSA) is 8.81 Å². The number of hydrogen-bond donors (Lipinski definition) is 0. The summed E-state index contributed by atoms with van der Waals surface area (Å²) in [6, 6.07) is 0. The van der Waals surface area contributed by atoms with Gasteiger partial charge < -0.3 is 0 Å². The number of aryl methyl sites for hydroxylation is 2. The highest BCUT2D eigenvalue weighted by Gasteiger charge is 2.16. The molecule has 0 aromatic carbocycles. The van der Waals surface area contributed by atoms with E-state index in [4.69, 9.17) is 0 Å². The van der Waals surface area contributed by atoms with Crippen molar-refractivity contribution < 1.29 is 4.57 Å². The van der Waals surface area contributed by atoms with Gasteiger partial charge in [-0.05, 0) is 32.1 Å². The van der Waals surface area contributed by atoms with Crippen molar-refractivity contribution in [2.75, 3.05) is 0 Å². The largest absolute Gasteiger partial charge is 0.256 e. The maximum absolute atomic E-state index is 2.61. The molecule has 0 aliphatic carbocycles. The van der Waals surface area contributed by atoms with Crippen molar-refractivity contribution in [2.24, 2.45) is 0 Å². The highest BCUT2D eigenvalue weighted by Crippen LogP contribution is 2.15. The Kier molecular flexibility index (Phi) is 26.7. The first-order chi connectivity index (χ1) is 19.3. The minimum absolute atomic E-state index is 1.21. The Bertz CT molecular complexity index is 605. The van der Waals surface area contributed by atoms with E-state index < -0.39 is 0 Å². The van der Waals surface area contributed by atoms with Crippen LogP contribution in [0.4, 0.5) is 0 Å². The number of hydrogen-bond acceptors (Lipinski definition) is 0. The van der Waals surface area contributed by atoms with Gasteiger partial charge in [-0.2, -0.15) is 0 Å². The van der Waals surface area contributed by atoms with Gasteiger partial charge in [-0.25, -0.2) is 9.13 Å². The van der Waals surface area contributed by atoms with E-state index in [9.17, 15) is 0 Å². The highest BCUT2D eigenvalue weighted by molar-refractivity contribution is 4.84. The van der Waals surface area contributed by atoms with Crippen molar-refractivity contribution in [1.29, 1.82) is 0 Å². The molecular formula is C37H73N2+. The Morgan fingerprint density at radius 3 is 1.23 bits per heavy atom. The Labute approximate surface area is 247 Å². The van der Waals surface area contributed by atoms with Gasteiger partial charge in [0.15, 0.2) is 0 Å². The van der Waals surface area contributed by atoms with Gasteiger partial charge in [-0.3, -0.25) is 0 Å². The predicted molar refractivity (Wildman–Crippen MR) is 175 cm³/mol. The Morgan fingerprint density at radius 2 is 0.795 bits per heavy atom. The molecule has 0 saturated carbocycles. The number of rotatable bonds is 31. The molecular weight excluding hydrogens is 472 g/mol. The van der Waals surface area contributed by atoms with E-state index in [0.717, 1.165) is 0 Å². The number of imidazole rings is 1. The average molecular weight is 546 g/mol. The van der Waals surface area contributed by atoms with E-state index in [-0.39, 0.29) is 0 Å². The van der Waals surface area contributed by atoms with Gasteiger partial charge in [0, 0.05) is 6.42 Å². The Hall–Kier alpha value is -0.790. The summed E-state index contributed by atoms with van der Waals surface area (Å²) < 4.78 is 5.20. The summed E-state index contributed by atoms with van der Waals surface area (Å²) in [7, 11) is 0. The van der Waals surface area contributed by atoms with E-state index in [0.29, 0.717) is 0 Å². The van der Waals surface area contributed by atoms with E-state index >= 15 is 0 Å². The van der Waals surface area contributed by atoms with E-state index in [1.54, 1.807) is 5.82 Å². The lowest BCUT2D eigenvalue weighted by Gasteiger charge is -2.07. The third-order valence-electron chi connectivity index (χ3n) is 8.85. The minimum atomic E-state index is 1.21. The zero-order valence-electron chi connectivity index (χ0n) is 27.5. The van der Waals surface area contributed by atoms with Crippen LogP contribution in [0, 0.1) is 0 Å². The van der Waals surface area contributed by atoms with Crippen molar-refractivity contribution in [2.45, 2.75) is 220 Å². The van der Waals surface area contributed by atoms with Crippen LogP contribution >= 0.6 is 0 Å². The van der Waals surface area contributed by atoms with Crippen LogP contribution in [-0.4, -0.2) is 4.57 Å². The van der Waals surface area contributed by atoms with Gasteiger partial charge in [0.25, 0.3) is 5.82 Å². The summed E-state index contributed by atoms with van der Waals surface area (Å²) >= 11 is 0. The molecule has 0 fully saturated rings. The monoisotopic (exact) mass is 546 g/mol. The lowest BCUT2D eigenvalue weighted by molar-refractivity contribution is -0.704. The Balaban J connectivity index is 2.13. The molecule has 2 heteroatoms. The number of aromatic nitrogens is 2. The van der Waals surface area contributed by atoms with Gasteiger partial charge in [-0.15, -0.1) is 0 Å². The molecule has 1 rings (SSSR count). The third-order valence-corrected chi connectivity index (χ3v) is 8.85. The van der Waals surface area contributed by atoms with Crippen LogP contribution in [0.1, 0.15) is 206 Å². The fourth-order valence-corrected chi connectivity index (χ4v) is 6.15. The van der Waals surface area contributed by atoms with E-state index in [1.165, 1.54) is 199 Å². The second-order valence-corrected chi connectivity index (χ2v) is 12.7. The van der Waals surface area contributed by atoms with Crippen molar-refractivity contribution in [3.05, 3.63) is 18.2 Å². The summed E-state index contributed by atoms with van der Waals surface area (Å²) in [6.45, 7) is 9.38. The molecule has 0 spiro atoms. The summed E-state index contributed by atoms with van der Waals surface area (Å²) in [6.07, 6.45) is 46.0. The molecule has 0 saturated heterocycles. The molecule has 0 aliphatic rings. The molecule has 0 amide bonds. The maximum Gasteiger partial charge on any atom is 0.256 e. The van der Waals surface area contributed by atoms with Crippen LogP contribution in [0.3, 0.4) is 0 Å². The molecule has 1 aromatic heterocycles. The second kappa shape index (κ2) is 28.7. The van der Waals surface area contributed by atoms with Crippen LogP contribution in [0.15, 0.2) is 12.4 Å². The Morgan fingerprint density at radius 1 is 0.436 bits per heavy atom. The summed E-state index contributed by atoms with van der Waals surface area (Å²) in [5, 5.41) is 0. The highest BCUT2D eigenvalue weighted by atomic mass is 15.1. The van der Waals surface area contributed by atoms with Crippen molar-refractivity contribution in [1.82, 2.24) is 4.57 Å². The maximum atomic E-state index is 2.61. The lowest BCUT2D eigenvalue weighted by Crippen LogP contribution is -2.37. The quantitative estimate of drug-likeness (QED) is 0.0648. The zero-order chi connectivity index (χ0) is 28.1. The van der Waals surface area contributed by atoms with Crippen LogP contribution in [0.2, 0.25) is 0 Å². The molecule has 0 bridgehead atoms. The predicted octanol–water partition coefficient (Wildman–Crippen LogP) is 12.3. The van der Waals surface area contributed by atoms with Gasteiger partial charge in [0.2, 0.25) is 0 Å². The summed E-state index contributed by atoms with van der Waals surface area (Å²) in [5.41, 5.74) is 0. The molecule has 1 aromatic rings. The normalized spacial score (nSPS) is 11.6. The molecule has 1 heterocycles. The first-order valence-electron chi connectivity index (χ1n) is 18.4. The average Bonchev–Trinajstić information content (AvgIpc) is 3.33. The van der Waals surface area contributed by atoms with Gasteiger partial charge in [0.05, 0.1) is 13.1 Å². The van der Waals surface area contributed by atoms with Gasteiger partial charge in [0.1, 0.15) is 12.4 Å². The third kappa shape index (κ3) is 21.6. The van der Waals surface area contributed by atoms with Crippen molar-refractivity contribution in [3.63, 3.8) is 0 Å². The molecule has 2 nitrogen and oxygen atoms in total. The SMILES string of the molecule is CCCCCCCCCCCCCCCCCCn1cc[n+](CCCCC)c1CCCCCCCCCCC. The standard InChI is InChI=1S/C37H73N2/c1-4-7-10-12-14-16-17-18-19-20-21-22-24-26-28-31-34-39-36-35-38(33-30-9-6-3)37(39)32-29-27-25-23-15-13-11-8-5-2/h35-36H,4-34H2,1-3H3/q+1.